The molecule has 0 spiro atoms. The van der Waals surface area contributed by atoms with Gasteiger partial charge in [-0.25, -0.2) is 4.98 Å². The van der Waals surface area contributed by atoms with Gasteiger partial charge in [-0.15, -0.1) is 0 Å². The quantitative estimate of drug-likeness (QED) is 0.00992. The molecule has 0 unspecified atom stereocenters. The topological polar surface area (TPSA) is 680 Å². The van der Waals surface area contributed by atoms with Crippen LogP contribution in [0.25, 0.3) is 10.9 Å². The molecule has 0 aliphatic carbocycles. The second-order valence-electron chi connectivity index (χ2n) is 29.2. The summed E-state index contributed by atoms with van der Waals surface area (Å²) in [6.07, 6.45) is 4.68. The lowest BCUT2D eigenvalue weighted by Gasteiger charge is -2.30. The maximum atomic E-state index is 15.2. The number of benzene rings is 3. The molecule has 122 heavy (non-hydrogen) atoms. The van der Waals surface area contributed by atoms with Gasteiger partial charge < -0.3 is 127 Å². The third kappa shape index (κ3) is 34.2. The number of primary amides is 1. The van der Waals surface area contributed by atoms with Gasteiger partial charge >= 0.3 is 5.97 Å². The van der Waals surface area contributed by atoms with Gasteiger partial charge in [0.25, 0.3) is 5.97 Å². The number of aliphatic hydroxyl groups is 2. The number of amides is 14. The fourth-order valence-corrected chi connectivity index (χ4v) is 13.4. The number of carbonyl (C=O) groups excluding carboxylic acids is 14. The number of rotatable bonds is 50. The molecule has 1 aliphatic rings. The van der Waals surface area contributed by atoms with E-state index in [2.05, 4.69) is 84.1 Å². The monoisotopic (exact) mass is 1720 g/mol. The molecule has 5 aromatic rings. The summed E-state index contributed by atoms with van der Waals surface area (Å²) in [6, 6.07) is 2.91. The molecule has 43 heteroatoms. The first-order chi connectivity index (χ1) is 58.1. The van der Waals surface area contributed by atoms with Crippen molar-refractivity contribution in [3.8, 4) is 5.75 Å². The van der Waals surface area contributed by atoms with Gasteiger partial charge in [0.2, 0.25) is 82.7 Å². The second-order valence-corrected chi connectivity index (χ2v) is 30.1. The smallest absolute Gasteiger partial charge is 0.303 e. The Bertz CT molecular complexity index is 4360. The van der Waals surface area contributed by atoms with E-state index in [1.54, 1.807) is 80.9 Å². The third-order valence-electron chi connectivity index (χ3n) is 19.2. The minimum absolute atomic E-state index is 0.00532. The number of hydrogen-bond donors (Lipinski definition) is 24. The van der Waals surface area contributed by atoms with E-state index >= 15 is 14.4 Å². The molecule has 1 saturated heterocycles. The molecule has 42 nitrogen and oxygen atoms in total. The number of H-pyrrole nitrogens is 2. The molecular weight excluding hydrogens is 1610 g/mol. The van der Waals surface area contributed by atoms with E-state index < -0.39 is 212 Å². The van der Waals surface area contributed by atoms with Crippen molar-refractivity contribution in [3.63, 3.8) is 0 Å². The number of aromatic hydroxyl groups is 1. The van der Waals surface area contributed by atoms with Gasteiger partial charge in [0.05, 0.1) is 31.8 Å². The van der Waals surface area contributed by atoms with E-state index in [4.69, 9.17) is 32.5 Å². The number of para-hydroxylation sites is 1. The number of aliphatic carboxylic acids is 2. The lowest BCUT2D eigenvalue weighted by molar-refractivity contribution is -0.142. The summed E-state index contributed by atoms with van der Waals surface area (Å²) in [4.78, 5) is 229. The van der Waals surface area contributed by atoms with Crippen molar-refractivity contribution in [2.75, 3.05) is 51.4 Å². The first-order valence-electron chi connectivity index (χ1n) is 39.5. The van der Waals surface area contributed by atoms with E-state index in [1.165, 1.54) is 53.5 Å². The molecule has 0 bridgehead atoms. The van der Waals surface area contributed by atoms with E-state index in [0.717, 1.165) is 13.8 Å². The number of hydrogen-bond acceptors (Lipinski definition) is 23. The van der Waals surface area contributed by atoms with Crippen LogP contribution in [0.3, 0.4) is 0 Å². The summed E-state index contributed by atoms with van der Waals surface area (Å²) < 4.78 is 0. The average molecular weight is 1720 g/mol. The highest BCUT2D eigenvalue weighted by molar-refractivity contribution is 7.98. The van der Waals surface area contributed by atoms with Gasteiger partial charge in [-0.3, -0.25) is 82.1 Å². The summed E-state index contributed by atoms with van der Waals surface area (Å²) >= 11 is 1.23. The standard InChI is InChI=1S/C77H109N21O19S.C2H4O2/c1-42(2)64(65(79)106)97-75(116)61-20-13-30-98(61)76(117)54(18-10-11-28-78)88-62(103)38-85-66(107)57(34-46-36-84-50-17-9-8-16-49(46)50)94-67(108)51(19-12-29-83-77(80)81)89-70(111)55(32-44-14-6-5-7-15-44)92-72(113)58(35-47-37-82-41-86-47)95-68(109)52(25-26-63(104)105)90-69(110)53(27-31-118-4)91-74(115)60(40-100)96-71(112)56(33-45-21-23-48(102)24-22-45)93-73(114)59(39-99)87-43(3)101;1-2(3)4/h5-9,14-17,21-24,36-37,41-42,51-61,64,84,99-100,102H,10-13,18-20,25-35,38-40,78H2,1-4H3,(H2,79,106)(H,82,86)(H,85,107)(H,87,101)(H,88,103)(H,89,111)(H,90,110)(H,91,115)(H,92,113)(H,93,114)(H,94,108)(H,95,109)(H,96,112)(H,97,116)(H,104,105)(H4,80,81,83);1H3,(H,3,4)/t51-,52-,53-,54-,55-,56-,57-,58-,59-,60-,61-,64-;/m0./s1. The Balaban J connectivity index is 0.00000646. The zero-order chi connectivity index (χ0) is 90.1. The van der Waals surface area contributed by atoms with Crippen LogP contribution in [0.15, 0.2) is 97.6 Å². The molecule has 0 radical (unpaired) electrons. The Morgan fingerprint density at radius 2 is 1.07 bits per heavy atom. The number of aromatic nitrogens is 3. The zero-order valence-electron chi connectivity index (χ0n) is 68.4. The van der Waals surface area contributed by atoms with Crippen LogP contribution >= 0.6 is 11.8 Å². The Morgan fingerprint density at radius 1 is 0.566 bits per heavy atom. The summed E-state index contributed by atoms with van der Waals surface area (Å²) in [6.45, 7) is 3.28. The summed E-state index contributed by atoms with van der Waals surface area (Å²) in [7, 11) is 0. The maximum absolute atomic E-state index is 15.2. The van der Waals surface area contributed by atoms with Gasteiger partial charge in [-0.2, -0.15) is 11.8 Å². The molecule has 14 amide bonds. The average Bonchev–Trinajstić information content (AvgIpc) is 1.64. The zero-order valence-corrected chi connectivity index (χ0v) is 69.2. The Morgan fingerprint density at radius 3 is 1.59 bits per heavy atom. The van der Waals surface area contributed by atoms with Gasteiger partial charge in [-0.05, 0) is 117 Å². The van der Waals surface area contributed by atoms with E-state index in [-0.39, 0.29) is 94.1 Å². The Kier molecular flexibility index (Phi) is 42.2. The highest BCUT2D eigenvalue weighted by Crippen LogP contribution is 2.23. The number of aliphatic hydroxyl groups excluding tert-OH is 2. The number of guanidine groups is 1. The number of likely N-dealkylation sites (tertiary alicyclic amines) is 1. The number of nitrogens with zero attached hydrogens (tertiary/aromatic N) is 2. The molecule has 27 N–H and O–H groups in total. The minimum Gasteiger partial charge on any atom is -0.508 e. The number of carboxylic acid groups (broad SMARTS) is 2. The lowest BCUT2D eigenvalue weighted by Crippen LogP contribution is -2.61. The van der Waals surface area contributed by atoms with Crippen LogP contribution in [0.5, 0.6) is 5.75 Å². The number of aromatic amines is 2. The van der Waals surface area contributed by atoms with Gasteiger partial charge in [0, 0.05) is 82.3 Å². The molecule has 12 atom stereocenters. The highest BCUT2D eigenvalue weighted by atomic mass is 32.2. The fraction of sp³-hybridized carbons (Fsp3) is 0.494. The highest BCUT2D eigenvalue weighted by Gasteiger charge is 2.41. The van der Waals surface area contributed by atoms with Crippen LogP contribution in [0.4, 0.5) is 0 Å². The van der Waals surface area contributed by atoms with Gasteiger partial charge in [-0.1, -0.05) is 74.5 Å². The van der Waals surface area contributed by atoms with Crippen molar-refractivity contribution in [1.29, 1.82) is 5.41 Å². The molecule has 0 saturated carbocycles. The minimum atomic E-state index is -1.84. The number of fused-ring (bicyclic) bond motifs is 1. The predicted octanol–water partition coefficient (Wildman–Crippen LogP) is -4.45. The molecule has 666 valence electrons. The second kappa shape index (κ2) is 51.6. The van der Waals surface area contributed by atoms with Crippen molar-refractivity contribution in [2.24, 2.45) is 23.1 Å². The van der Waals surface area contributed by atoms with Crippen LogP contribution in [-0.2, 0) is 102 Å². The summed E-state index contributed by atoms with van der Waals surface area (Å²) in [5, 5.41) is 89.3. The van der Waals surface area contributed by atoms with Crippen molar-refractivity contribution in [3.05, 3.63) is 120 Å². The third-order valence-corrected chi connectivity index (χ3v) is 19.8. The number of thioether (sulfide) groups is 1. The molecule has 6 rings (SSSR count). The van der Waals surface area contributed by atoms with E-state index in [1.807, 2.05) is 0 Å². The van der Waals surface area contributed by atoms with Crippen LogP contribution in [0.1, 0.15) is 114 Å². The molecule has 1 aliphatic heterocycles. The molecule has 3 heterocycles. The van der Waals surface area contributed by atoms with Crippen LogP contribution in [0, 0.1) is 11.3 Å². The van der Waals surface area contributed by atoms with Gasteiger partial charge in [0.15, 0.2) is 5.96 Å². The molecule has 3 aromatic carbocycles. The van der Waals surface area contributed by atoms with Crippen molar-refractivity contribution in [1.82, 2.24) is 89.0 Å². The molecule has 1 fully saturated rings. The van der Waals surface area contributed by atoms with Crippen LogP contribution in [0.2, 0.25) is 0 Å². The number of nitrogens with one attached hydrogen (secondary N) is 16. The molecule has 2 aromatic heterocycles. The first kappa shape index (κ1) is 99.8. The van der Waals surface area contributed by atoms with E-state index in [0.29, 0.717) is 46.9 Å². The van der Waals surface area contributed by atoms with Gasteiger partial charge in [0.1, 0.15) is 78.3 Å². The van der Waals surface area contributed by atoms with Crippen molar-refractivity contribution in [2.45, 2.75) is 190 Å². The largest absolute Gasteiger partial charge is 0.508 e. The maximum Gasteiger partial charge on any atom is 0.303 e. The summed E-state index contributed by atoms with van der Waals surface area (Å²) in [5.41, 5.74) is 19.2. The Labute approximate surface area is 707 Å². The van der Waals surface area contributed by atoms with Crippen molar-refractivity contribution < 1.29 is 102 Å². The summed E-state index contributed by atoms with van der Waals surface area (Å²) in [5.74, 6) is -15.8. The fourth-order valence-electron chi connectivity index (χ4n) is 12.9. The normalized spacial score (nSPS) is 14.9. The molecular formula is C79H113N21O21S. The number of imidazole rings is 1. The predicted molar refractivity (Wildman–Crippen MR) is 444 cm³/mol. The lowest BCUT2D eigenvalue weighted by atomic mass is 10.0. The number of carbonyl (C=O) groups is 16. The Hall–Kier alpha value is -12.8. The number of phenols is 1. The number of unbranched alkanes of at least 4 members (excludes halogenated alkanes) is 1. The van der Waals surface area contributed by atoms with Crippen LogP contribution < -0.4 is 86.3 Å². The first-order valence-corrected chi connectivity index (χ1v) is 40.9. The van der Waals surface area contributed by atoms with E-state index in [9.17, 15) is 78.0 Å². The number of carboxylic acids is 2. The number of nitrogens with two attached hydrogens (primary N) is 3. The number of phenolic OH excluding ortho intramolecular Hbond substituents is 1. The SMILES string of the molecule is CC(=O)O.CSCC[C@H](NC(=O)[C@H](CO)NC(=O)[C@H](Cc1ccc(O)cc1)NC(=O)[C@H](CO)NC(C)=O)C(=O)N[C@@H](CCC(=O)O)C(=O)N[C@@H](Cc1c[nH]cn1)C(=O)N[C@@H](Cc1ccccc1)C(=O)N[C@@H](CCCNC(=N)N)C(=O)N[C@@H](Cc1c[nH]c2ccccc12)C(=O)NCC(=O)N[C@@H](CCCCN)C(=O)N1CCC[C@H]1C(=O)N[C@H](C(N)=O)C(C)C. The van der Waals surface area contributed by atoms with Crippen LogP contribution in [-0.4, -0.2) is 270 Å². The van der Waals surface area contributed by atoms with Crippen molar-refractivity contribution >= 4 is 123 Å².